The molecule has 0 spiro atoms. The van der Waals surface area contributed by atoms with Gasteiger partial charge in [0.15, 0.2) is 0 Å². The van der Waals surface area contributed by atoms with Crippen LogP contribution in [0.4, 0.5) is 70.2 Å². The van der Waals surface area contributed by atoms with Crippen LogP contribution in [-0.2, 0) is 0 Å². The number of alkyl halides is 16. The van der Waals surface area contributed by atoms with Crippen LogP contribution in [0.25, 0.3) is 0 Å². The van der Waals surface area contributed by atoms with Gasteiger partial charge >= 0.3 is 47.4 Å². The summed E-state index contributed by atoms with van der Waals surface area (Å²) < 4.78 is 220. The van der Waals surface area contributed by atoms with Crippen LogP contribution >= 0.6 is 0 Å². The zero-order valence-corrected chi connectivity index (χ0v) is 19.3. The van der Waals surface area contributed by atoms with Crippen LogP contribution in [0.3, 0.4) is 0 Å². The molecule has 0 amide bonds. The molecule has 16 heteroatoms. The summed E-state index contributed by atoms with van der Waals surface area (Å²) in [6.07, 6.45) is -1.93. The van der Waals surface area contributed by atoms with Crippen LogP contribution in [0, 0.1) is 0 Å². The normalized spacial score (nSPS) is 15.8. The van der Waals surface area contributed by atoms with E-state index in [1.54, 1.807) is 6.92 Å². The van der Waals surface area contributed by atoms with E-state index < -0.39 is 72.4 Å². The molecule has 0 bridgehead atoms. The Labute approximate surface area is 201 Å². The minimum Gasteiger partial charge on any atom is -0.195 e. The topological polar surface area (TPSA) is 0 Å². The van der Waals surface area contributed by atoms with Crippen LogP contribution in [-0.4, -0.2) is 47.4 Å². The van der Waals surface area contributed by atoms with E-state index in [0.29, 0.717) is 12.8 Å². The maximum atomic E-state index is 13.8. The number of halogens is 16. The Kier molecular flexibility index (Phi) is 11.1. The molecule has 0 radical (unpaired) electrons. The standard InChI is InChI=1S/C21H24F16/c1-3-5-7-9-11-13-15(24,25)17(28,29)19(32,33)21(36,37)20(34,35)18(30,31)16(26,27)14(22,23)12-10-8-6-4-2/h10-13H,3-9H2,1-2H3. The average Bonchev–Trinajstić information content (AvgIpc) is 2.75. The third-order valence-electron chi connectivity index (χ3n) is 5.16. The fourth-order valence-electron chi connectivity index (χ4n) is 2.71. The molecular formula is C21H24F16. The van der Waals surface area contributed by atoms with Gasteiger partial charge in [0.25, 0.3) is 0 Å². The van der Waals surface area contributed by atoms with Crippen molar-refractivity contribution in [3.8, 4) is 0 Å². The summed E-state index contributed by atoms with van der Waals surface area (Å²) >= 11 is 0. The summed E-state index contributed by atoms with van der Waals surface area (Å²) in [6.45, 7) is 3.06. The molecule has 0 rings (SSSR count). The molecule has 0 aromatic rings. The first kappa shape index (κ1) is 35.4. The number of rotatable bonds is 16. The van der Waals surface area contributed by atoms with E-state index in [-0.39, 0.29) is 31.4 Å². The van der Waals surface area contributed by atoms with Crippen molar-refractivity contribution in [2.75, 3.05) is 0 Å². The minimum absolute atomic E-state index is 0.00859. The number of unbranched alkanes of at least 4 members (excludes halogenated alkanes) is 5. The van der Waals surface area contributed by atoms with Gasteiger partial charge in [-0.3, -0.25) is 0 Å². The van der Waals surface area contributed by atoms with E-state index in [9.17, 15) is 70.2 Å². The van der Waals surface area contributed by atoms with Gasteiger partial charge in [0.1, 0.15) is 0 Å². The van der Waals surface area contributed by atoms with Gasteiger partial charge in [-0.1, -0.05) is 51.7 Å². The second-order valence-corrected chi connectivity index (χ2v) is 8.14. The Bertz CT molecular complexity index is 779. The second-order valence-electron chi connectivity index (χ2n) is 8.14. The van der Waals surface area contributed by atoms with Crippen LogP contribution in [0.1, 0.15) is 58.8 Å². The van der Waals surface area contributed by atoms with Gasteiger partial charge in [0, 0.05) is 0 Å². The van der Waals surface area contributed by atoms with Crippen molar-refractivity contribution in [3.63, 3.8) is 0 Å². The van der Waals surface area contributed by atoms with Gasteiger partial charge in [-0.15, -0.1) is 0 Å². The van der Waals surface area contributed by atoms with Crippen molar-refractivity contribution in [2.45, 2.75) is 106 Å². The van der Waals surface area contributed by atoms with Gasteiger partial charge in [-0.05, 0) is 31.4 Å². The zero-order chi connectivity index (χ0) is 29.8. The highest BCUT2D eigenvalue weighted by Crippen LogP contribution is 2.64. The van der Waals surface area contributed by atoms with Crippen molar-refractivity contribution in [3.05, 3.63) is 24.3 Å². The lowest BCUT2D eigenvalue weighted by molar-refractivity contribution is -0.448. The van der Waals surface area contributed by atoms with Crippen molar-refractivity contribution >= 4 is 0 Å². The highest BCUT2D eigenvalue weighted by Gasteiger charge is 2.94. The van der Waals surface area contributed by atoms with Crippen molar-refractivity contribution in [1.82, 2.24) is 0 Å². The fourth-order valence-corrected chi connectivity index (χ4v) is 2.71. The van der Waals surface area contributed by atoms with E-state index >= 15 is 0 Å². The van der Waals surface area contributed by atoms with Crippen LogP contribution in [0.5, 0.6) is 0 Å². The Morgan fingerprint density at radius 1 is 0.378 bits per heavy atom. The van der Waals surface area contributed by atoms with Gasteiger partial charge in [0.05, 0.1) is 0 Å². The van der Waals surface area contributed by atoms with Crippen LogP contribution in [0.15, 0.2) is 24.3 Å². The lowest BCUT2D eigenvalue weighted by Gasteiger charge is -2.43. The third kappa shape index (κ3) is 6.17. The van der Waals surface area contributed by atoms with E-state index in [4.69, 9.17) is 0 Å². The second kappa shape index (κ2) is 11.6. The SMILES string of the molecule is CCCCC=CC(F)(F)C(F)(F)C(F)(F)C(F)(F)C(F)(F)C(F)(F)C(F)(F)C(F)(F)C=CCCCCC. The smallest absolute Gasteiger partial charge is 0.195 e. The quantitative estimate of drug-likeness (QED) is 0.0969. The molecule has 0 fully saturated rings. The summed E-state index contributed by atoms with van der Waals surface area (Å²) in [5.41, 5.74) is 0. The van der Waals surface area contributed by atoms with Crippen LogP contribution < -0.4 is 0 Å². The first-order chi connectivity index (χ1) is 16.4. The van der Waals surface area contributed by atoms with Crippen molar-refractivity contribution in [2.24, 2.45) is 0 Å². The highest BCUT2D eigenvalue weighted by atomic mass is 19.4. The molecule has 0 heterocycles. The summed E-state index contributed by atoms with van der Waals surface area (Å²) in [7, 11) is 0. The average molecular weight is 580 g/mol. The molecule has 0 atom stereocenters. The first-order valence-electron chi connectivity index (χ1n) is 10.7. The highest BCUT2D eigenvalue weighted by molar-refractivity contribution is 5.20. The van der Waals surface area contributed by atoms with Gasteiger partial charge in [-0.2, -0.15) is 70.2 Å². The summed E-state index contributed by atoms with van der Waals surface area (Å²) in [4.78, 5) is 0. The molecule has 0 aliphatic carbocycles. The molecule has 0 nitrogen and oxygen atoms in total. The maximum absolute atomic E-state index is 13.8. The number of hydrogen-bond donors (Lipinski definition) is 0. The van der Waals surface area contributed by atoms with E-state index in [0.717, 1.165) is 0 Å². The molecule has 0 aromatic carbocycles. The Balaban J connectivity index is 6.48. The molecule has 0 aliphatic heterocycles. The molecule has 37 heavy (non-hydrogen) atoms. The third-order valence-corrected chi connectivity index (χ3v) is 5.16. The molecule has 0 unspecified atom stereocenters. The van der Waals surface area contributed by atoms with Crippen LogP contribution in [0.2, 0.25) is 0 Å². The number of hydrogen-bond acceptors (Lipinski definition) is 0. The number of allylic oxidation sites excluding steroid dienone is 4. The molecule has 220 valence electrons. The maximum Gasteiger partial charge on any atom is 0.385 e. The van der Waals surface area contributed by atoms with Crippen molar-refractivity contribution in [1.29, 1.82) is 0 Å². The van der Waals surface area contributed by atoms with Gasteiger partial charge in [-0.25, -0.2) is 0 Å². The molecular weight excluding hydrogens is 556 g/mol. The largest absolute Gasteiger partial charge is 0.385 e. The summed E-state index contributed by atoms with van der Waals surface area (Å²) in [6, 6.07) is 0. The monoisotopic (exact) mass is 580 g/mol. The van der Waals surface area contributed by atoms with Gasteiger partial charge in [0.2, 0.25) is 0 Å². The molecule has 0 aromatic heterocycles. The summed E-state index contributed by atoms with van der Waals surface area (Å²) in [5, 5.41) is 0. The molecule has 0 saturated heterocycles. The van der Waals surface area contributed by atoms with Gasteiger partial charge < -0.3 is 0 Å². The summed E-state index contributed by atoms with van der Waals surface area (Å²) in [5.74, 6) is -61.0. The first-order valence-corrected chi connectivity index (χ1v) is 10.7. The van der Waals surface area contributed by atoms with E-state index in [2.05, 4.69) is 0 Å². The Morgan fingerprint density at radius 3 is 0.946 bits per heavy atom. The lowest BCUT2D eigenvalue weighted by Crippen LogP contribution is -2.74. The molecule has 0 N–H and O–H groups in total. The zero-order valence-electron chi connectivity index (χ0n) is 19.3. The Morgan fingerprint density at radius 2 is 0.649 bits per heavy atom. The molecule has 0 saturated carbocycles. The van der Waals surface area contributed by atoms with Crippen molar-refractivity contribution < 1.29 is 70.2 Å². The van der Waals surface area contributed by atoms with E-state index in [1.165, 1.54) is 6.92 Å². The fraction of sp³-hybridized carbons (Fsp3) is 0.810. The Hall–Kier alpha value is -1.64. The lowest BCUT2D eigenvalue weighted by atomic mass is 9.87. The molecule has 0 aliphatic rings. The predicted molar refractivity (Wildman–Crippen MR) is 102 cm³/mol. The predicted octanol–water partition coefficient (Wildman–Crippen LogP) is 9.95. The van der Waals surface area contributed by atoms with E-state index in [1.807, 2.05) is 0 Å². The minimum atomic E-state index is -8.39.